The minimum atomic E-state index is 0.157. The van der Waals surface area contributed by atoms with E-state index in [1.807, 2.05) is 0 Å². The molecule has 4 unspecified atom stereocenters. The van der Waals surface area contributed by atoms with Crippen molar-refractivity contribution >= 4 is 0 Å². The summed E-state index contributed by atoms with van der Waals surface area (Å²) in [4.78, 5) is 0. The Labute approximate surface area is 91.3 Å². The Morgan fingerprint density at radius 3 is 1.80 bits per heavy atom. The van der Waals surface area contributed by atoms with Crippen LogP contribution in [0, 0.1) is 6.42 Å². The fourth-order valence-electron chi connectivity index (χ4n) is 3.78. The number of fused-ring (bicyclic) bond motifs is 2. The van der Waals surface area contributed by atoms with Crippen molar-refractivity contribution in [2.45, 2.75) is 74.8 Å². The first-order valence-electron chi connectivity index (χ1n) is 6.56. The number of rotatable bonds is 2. The highest BCUT2D eigenvalue weighted by atomic mass is 16.6. The fraction of sp³-hybridized carbons (Fsp3) is 0.923. The van der Waals surface area contributed by atoms with E-state index in [-0.39, 0.29) is 11.2 Å². The molecule has 4 aliphatic rings. The summed E-state index contributed by atoms with van der Waals surface area (Å²) in [6.07, 6.45) is 14.0. The van der Waals surface area contributed by atoms with E-state index in [9.17, 15) is 0 Å². The van der Waals surface area contributed by atoms with E-state index in [1.165, 1.54) is 51.4 Å². The van der Waals surface area contributed by atoms with Crippen molar-refractivity contribution in [2.75, 3.05) is 0 Å². The predicted molar refractivity (Wildman–Crippen MR) is 56.4 cm³/mol. The quantitative estimate of drug-likeness (QED) is 0.650. The molecule has 4 atom stereocenters. The number of ether oxygens (including phenoxy) is 2. The molecule has 2 saturated carbocycles. The summed E-state index contributed by atoms with van der Waals surface area (Å²) in [7, 11) is 0. The molecule has 2 heterocycles. The summed E-state index contributed by atoms with van der Waals surface area (Å²) >= 11 is 0. The van der Waals surface area contributed by atoms with E-state index in [4.69, 9.17) is 9.47 Å². The summed E-state index contributed by atoms with van der Waals surface area (Å²) in [5.74, 6) is 0. The molecular formula is C13H19O2. The molecule has 83 valence electrons. The average Bonchev–Trinajstić information content (AvgIpc) is 3.09. The second-order valence-electron chi connectivity index (χ2n) is 5.76. The molecule has 4 fully saturated rings. The van der Waals surface area contributed by atoms with Gasteiger partial charge in [0.1, 0.15) is 11.2 Å². The normalized spacial score (nSPS) is 56.8. The van der Waals surface area contributed by atoms with Gasteiger partial charge in [0.25, 0.3) is 0 Å². The molecule has 2 saturated heterocycles. The zero-order valence-electron chi connectivity index (χ0n) is 9.21. The van der Waals surface area contributed by atoms with Crippen molar-refractivity contribution in [2.24, 2.45) is 0 Å². The van der Waals surface area contributed by atoms with Gasteiger partial charge in [-0.1, -0.05) is 25.7 Å². The highest BCUT2D eigenvalue weighted by Gasteiger charge is 2.67. The van der Waals surface area contributed by atoms with E-state index in [0.717, 1.165) is 0 Å². The minimum Gasteiger partial charge on any atom is -0.366 e. The maximum atomic E-state index is 5.92. The molecule has 2 nitrogen and oxygen atoms in total. The summed E-state index contributed by atoms with van der Waals surface area (Å²) in [6.45, 7) is 0. The number of hydrogen-bond donors (Lipinski definition) is 0. The van der Waals surface area contributed by atoms with E-state index < -0.39 is 0 Å². The van der Waals surface area contributed by atoms with Gasteiger partial charge in [0.15, 0.2) is 0 Å². The van der Waals surface area contributed by atoms with Crippen LogP contribution in [0.15, 0.2) is 0 Å². The van der Waals surface area contributed by atoms with Crippen molar-refractivity contribution in [3.05, 3.63) is 6.42 Å². The van der Waals surface area contributed by atoms with Crippen molar-refractivity contribution < 1.29 is 9.47 Å². The molecule has 2 aliphatic carbocycles. The summed E-state index contributed by atoms with van der Waals surface area (Å²) in [5.41, 5.74) is 0.314. The number of epoxide rings is 2. The Kier molecular flexibility index (Phi) is 1.67. The Hall–Kier alpha value is -0.0800. The van der Waals surface area contributed by atoms with E-state index in [0.29, 0.717) is 12.2 Å². The van der Waals surface area contributed by atoms with Gasteiger partial charge in [-0.3, -0.25) is 0 Å². The molecule has 15 heavy (non-hydrogen) atoms. The smallest absolute Gasteiger partial charge is 0.101 e. The van der Waals surface area contributed by atoms with Gasteiger partial charge >= 0.3 is 0 Å². The lowest BCUT2D eigenvalue weighted by Crippen LogP contribution is -2.31. The van der Waals surface area contributed by atoms with Crippen LogP contribution in [0.3, 0.4) is 0 Å². The molecule has 0 N–H and O–H groups in total. The average molecular weight is 207 g/mol. The standard InChI is InChI=1S/C13H19O2/c1-3-7-12(10(5-1)14-12)9-13-8-4-2-6-11(13)15-13/h9-11H,1-8H2. The molecule has 0 aromatic rings. The van der Waals surface area contributed by atoms with Gasteiger partial charge < -0.3 is 9.47 Å². The van der Waals surface area contributed by atoms with Crippen LogP contribution in [0.2, 0.25) is 0 Å². The first kappa shape index (κ1) is 9.00. The SMILES string of the molecule is [CH](C12CCCCC1O2)C12CCCCC1O2. The third-order valence-corrected chi connectivity index (χ3v) is 4.76. The third kappa shape index (κ3) is 1.24. The van der Waals surface area contributed by atoms with Gasteiger partial charge in [-0.25, -0.2) is 0 Å². The monoisotopic (exact) mass is 207 g/mol. The van der Waals surface area contributed by atoms with Crippen molar-refractivity contribution in [1.29, 1.82) is 0 Å². The van der Waals surface area contributed by atoms with Crippen LogP contribution < -0.4 is 0 Å². The van der Waals surface area contributed by atoms with Gasteiger partial charge in [0, 0.05) is 6.42 Å². The summed E-state index contributed by atoms with van der Waals surface area (Å²) < 4.78 is 11.8. The molecule has 0 aromatic heterocycles. The van der Waals surface area contributed by atoms with Crippen LogP contribution in [0.1, 0.15) is 51.4 Å². The van der Waals surface area contributed by atoms with E-state index in [1.54, 1.807) is 0 Å². The number of hydrogen-bond acceptors (Lipinski definition) is 2. The van der Waals surface area contributed by atoms with E-state index >= 15 is 0 Å². The van der Waals surface area contributed by atoms with E-state index in [2.05, 4.69) is 6.42 Å². The maximum Gasteiger partial charge on any atom is 0.101 e. The van der Waals surface area contributed by atoms with Gasteiger partial charge in [-0.05, 0) is 25.7 Å². The molecule has 4 rings (SSSR count). The molecule has 0 aromatic carbocycles. The second-order valence-corrected chi connectivity index (χ2v) is 5.76. The van der Waals surface area contributed by atoms with Crippen LogP contribution in [0.25, 0.3) is 0 Å². The Balaban J connectivity index is 1.48. The summed E-state index contributed by atoms with van der Waals surface area (Å²) in [6, 6.07) is 0. The Morgan fingerprint density at radius 2 is 1.33 bits per heavy atom. The maximum absolute atomic E-state index is 5.92. The van der Waals surface area contributed by atoms with Crippen LogP contribution in [-0.2, 0) is 9.47 Å². The molecule has 2 heteroatoms. The van der Waals surface area contributed by atoms with Crippen molar-refractivity contribution in [3.63, 3.8) is 0 Å². The first-order valence-corrected chi connectivity index (χ1v) is 6.56. The van der Waals surface area contributed by atoms with Crippen LogP contribution >= 0.6 is 0 Å². The van der Waals surface area contributed by atoms with Gasteiger partial charge in [-0.15, -0.1) is 0 Å². The Morgan fingerprint density at radius 1 is 0.800 bits per heavy atom. The Bertz CT molecular complexity index is 262. The molecule has 0 bridgehead atoms. The molecule has 1 radical (unpaired) electrons. The highest BCUT2D eigenvalue weighted by Crippen LogP contribution is 2.59. The molecule has 0 amide bonds. The first-order chi connectivity index (χ1) is 7.33. The largest absolute Gasteiger partial charge is 0.366 e. The highest BCUT2D eigenvalue weighted by molar-refractivity contribution is 5.27. The fourth-order valence-corrected chi connectivity index (χ4v) is 3.78. The zero-order chi connectivity index (χ0) is 9.93. The molecular weight excluding hydrogens is 188 g/mol. The van der Waals surface area contributed by atoms with Crippen molar-refractivity contribution in [3.8, 4) is 0 Å². The van der Waals surface area contributed by atoms with Crippen LogP contribution in [0.4, 0.5) is 0 Å². The minimum absolute atomic E-state index is 0.157. The van der Waals surface area contributed by atoms with Gasteiger partial charge in [0.2, 0.25) is 0 Å². The lowest BCUT2D eigenvalue weighted by Gasteiger charge is -2.23. The summed E-state index contributed by atoms with van der Waals surface area (Å²) in [5, 5.41) is 0. The van der Waals surface area contributed by atoms with Gasteiger partial charge in [-0.2, -0.15) is 0 Å². The van der Waals surface area contributed by atoms with Gasteiger partial charge in [0.05, 0.1) is 12.2 Å². The third-order valence-electron chi connectivity index (χ3n) is 4.76. The predicted octanol–water partition coefficient (Wildman–Crippen LogP) is 2.61. The zero-order valence-corrected chi connectivity index (χ0v) is 9.21. The van der Waals surface area contributed by atoms with Crippen LogP contribution in [0.5, 0.6) is 0 Å². The molecule has 2 aliphatic heterocycles. The van der Waals surface area contributed by atoms with Crippen molar-refractivity contribution in [1.82, 2.24) is 0 Å². The van der Waals surface area contributed by atoms with Crippen LogP contribution in [-0.4, -0.2) is 23.4 Å². The lowest BCUT2D eigenvalue weighted by molar-refractivity contribution is 0.250. The lowest BCUT2D eigenvalue weighted by atomic mass is 9.77. The second kappa shape index (κ2) is 2.78. The topological polar surface area (TPSA) is 25.1 Å². The molecule has 0 spiro atoms.